The van der Waals surface area contributed by atoms with Gasteiger partial charge in [0.15, 0.2) is 12.6 Å². The van der Waals surface area contributed by atoms with E-state index in [-0.39, 0.29) is 6.29 Å². The third kappa shape index (κ3) is 8.10. The smallest absolute Gasteiger partial charge is 0.217 e. The van der Waals surface area contributed by atoms with E-state index in [1.54, 1.807) is 0 Å². The van der Waals surface area contributed by atoms with Crippen LogP contribution in [0.25, 0.3) is 0 Å². The molecule has 18 heteroatoms. The average molecular weight is 587 g/mol. The van der Waals surface area contributed by atoms with Gasteiger partial charge in [-0.15, -0.1) is 0 Å². The van der Waals surface area contributed by atoms with Crippen molar-refractivity contribution in [1.82, 2.24) is 10.6 Å². The standard InChI is InChI=1S/C22H38N2O16/c1-7(29)23-9(3-25)19(14(32)10(31)4-26)39-21-13(24-8(2)30)20(16(34)12(6-28)37-21)40-22-18(36)17(35)15(33)11(5-27)38-22/h3,9-22,26-28,31-36H,4-6H2,1-2H3,(H,23,29)(H,24,30)/t9-,10+,11+,12+,13+,14-,15-,16+,17-,18+,19+,20+,21-,22-/m0/s1. The second-order valence-corrected chi connectivity index (χ2v) is 9.44. The molecule has 2 aliphatic heterocycles. The van der Waals surface area contributed by atoms with Crippen molar-refractivity contribution in [3.8, 4) is 0 Å². The lowest BCUT2D eigenvalue weighted by Crippen LogP contribution is -2.69. The van der Waals surface area contributed by atoms with Crippen molar-refractivity contribution in [2.75, 3.05) is 19.8 Å². The van der Waals surface area contributed by atoms with Gasteiger partial charge in [-0.1, -0.05) is 0 Å². The zero-order chi connectivity index (χ0) is 30.3. The number of rotatable bonds is 13. The van der Waals surface area contributed by atoms with Crippen molar-refractivity contribution in [1.29, 1.82) is 0 Å². The fourth-order valence-corrected chi connectivity index (χ4v) is 4.36. The van der Waals surface area contributed by atoms with Gasteiger partial charge in [-0.3, -0.25) is 9.59 Å². The summed E-state index contributed by atoms with van der Waals surface area (Å²) >= 11 is 0. The van der Waals surface area contributed by atoms with E-state index in [2.05, 4.69) is 10.6 Å². The van der Waals surface area contributed by atoms with Gasteiger partial charge < -0.3 is 80.3 Å². The van der Waals surface area contributed by atoms with Gasteiger partial charge in [0.05, 0.1) is 19.8 Å². The summed E-state index contributed by atoms with van der Waals surface area (Å²) in [6.45, 7) is -0.571. The molecule has 2 aliphatic rings. The SMILES string of the molecule is CC(=O)N[C@H]1[C@H](O[C@@H]([C@@H](O)[C@H](O)CO)[C@H](C=O)NC(C)=O)O[C@H](CO)[C@@H](O)[C@@H]1O[C@@H]1O[C@H](CO)[C@H](O)[C@H](O)[C@H]1O. The first-order chi connectivity index (χ1) is 18.8. The van der Waals surface area contributed by atoms with Crippen LogP contribution in [-0.2, 0) is 33.3 Å². The maximum absolute atomic E-state index is 12.1. The van der Waals surface area contributed by atoms with E-state index in [1.165, 1.54) is 0 Å². The second kappa shape index (κ2) is 15.4. The Morgan fingerprint density at radius 2 is 1.45 bits per heavy atom. The molecule has 0 aromatic rings. The third-order valence-electron chi connectivity index (χ3n) is 6.44. The minimum absolute atomic E-state index is 0.163. The Bertz CT molecular complexity index is 835. The van der Waals surface area contributed by atoms with E-state index >= 15 is 0 Å². The lowest BCUT2D eigenvalue weighted by Gasteiger charge is -2.48. The Morgan fingerprint density at radius 1 is 0.875 bits per heavy atom. The largest absolute Gasteiger partial charge is 0.394 e. The summed E-state index contributed by atoms with van der Waals surface area (Å²) in [6.07, 6.45) is -21.1. The van der Waals surface area contributed by atoms with E-state index in [0.717, 1.165) is 13.8 Å². The van der Waals surface area contributed by atoms with Gasteiger partial charge in [-0.2, -0.15) is 0 Å². The lowest BCUT2D eigenvalue weighted by molar-refractivity contribution is -0.350. The van der Waals surface area contributed by atoms with Crippen LogP contribution >= 0.6 is 0 Å². The number of carbonyl (C=O) groups excluding carboxylic acids is 3. The molecule has 14 atom stereocenters. The molecule has 0 saturated carbocycles. The molecule has 0 aliphatic carbocycles. The average Bonchev–Trinajstić information content (AvgIpc) is 2.92. The molecule has 232 valence electrons. The molecule has 2 rings (SSSR count). The number of aldehydes is 1. The fourth-order valence-electron chi connectivity index (χ4n) is 4.36. The summed E-state index contributed by atoms with van der Waals surface area (Å²) < 4.78 is 22.2. The second-order valence-electron chi connectivity index (χ2n) is 9.44. The summed E-state index contributed by atoms with van der Waals surface area (Å²) in [4.78, 5) is 35.5. The molecule has 40 heavy (non-hydrogen) atoms. The third-order valence-corrected chi connectivity index (χ3v) is 6.44. The summed E-state index contributed by atoms with van der Waals surface area (Å²) in [5.74, 6) is -1.49. The first-order valence-electron chi connectivity index (χ1n) is 12.3. The van der Waals surface area contributed by atoms with Crippen molar-refractivity contribution in [2.24, 2.45) is 0 Å². The van der Waals surface area contributed by atoms with Crippen LogP contribution < -0.4 is 10.6 Å². The fraction of sp³-hybridized carbons (Fsp3) is 0.864. The highest BCUT2D eigenvalue weighted by molar-refractivity contribution is 5.77. The van der Waals surface area contributed by atoms with Crippen molar-refractivity contribution >= 4 is 18.1 Å². The van der Waals surface area contributed by atoms with E-state index in [4.69, 9.17) is 18.9 Å². The molecular formula is C22H38N2O16. The number of carbonyl (C=O) groups is 3. The van der Waals surface area contributed by atoms with E-state index < -0.39 is 117 Å². The predicted octanol–water partition coefficient (Wildman–Crippen LogP) is -7.44. The lowest BCUT2D eigenvalue weighted by atomic mass is 9.94. The summed E-state index contributed by atoms with van der Waals surface area (Å²) in [5, 5.41) is 95.2. The van der Waals surface area contributed by atoms with Crippen molar-refractivity contribution in [3.63, 3.8) is 0 Å². The number of hydrogen-bond donors (Lipinski definition) is 11. The van der Waals surface area contributed by atoms with Gasteiger partial charge >= 0.3 is 0 Å². The van der Waals surface area contributed by atoms with Crippen LogP contribution in [0.15, 0.2) is 0 Å². The summed E-state index contributed by atoms with van der Waals surface area (Å²) in [6, 6.07) is -3.22. The normalized spacial score (nSPS) is 37.6. The Hall–Kier alpha value is -1.91. The number of aliphatic hydroxyl groups is 9. The highest BCUT2D eigenvalue weighted by atomic mass is 16.7. The summed E-state index contributed by atoms with van der Waals surface area (Å²) in [7, 11) is 0. The molecule has 0 aromatic carbocycles. The molecule has 18 nitrogen and oxygen atoms in total. The number of amides is 2. The predicted molar refractivity (Wildman–Crippen MR) is 126 cm³/mol. The Kier molecular flexibility index (Phi) is 13.2. The van der Waals surface area contributed by atoms with E-state index in [1.807, 2.05) is 0 Å². The van der Waals surface area contributed by atoms with Crippen molar-refractivity contribution in [3.05, 3.63) is 0 Å². The van der Waals surface area contributed by atoms with E-state index in [0.29, 0.717) is 0 Å². The monoisotopic (exact) mass is 586 g/mol. The molecule has 2 heterocycles. The minimum atomic E-state index is -2.03. The molecule has 2 amide bonds. The van der Waals surface area contributed by atoms with Crippen LogP contribution in [0, 0.1) is 0 Å². The van der Waals surface area contributed by atoms with Crippen LogP contribution in [0.2, 0.25) is 0 Å². The quantitative estimate of drug-likeness (QED) is 0.0893. The summed E-state index contributed by atoms with van der Waals surface area (Å²) in [5.41, 5.74) is 0. The van der Waals surface area contributed by atoms with Crippen LogP contribution in [0.1, 0.15) is 13.8 Å². The van der Waals surface area contributed by atoms with Crippen LogP contribution in [0.4, 0.5) is 0 Å². The van der Waals surface area contributed by atoms with Gasteiger partial charge in [0.2, 0.25) is 11.8 Å². The molecule has 0 bridgehead atoms. The molecule has 2 fully saturated rings. The van der Waals surface area contributed by atoms with Gasteiger partial charge in [0.25, 0.3) is 0 Å². The zero-order valence-electron chi connectivity index (χ0n) is 21.7. The Morgan fingerprint density at radius 3 is 1.95 bits per heavy atom. The topological polar surface area (TPSA) is 294 Å². The maximum Gasteiger partial charge on any atom is 0.217 e. The van der Waals surface area contributed by atoms with Gasteiger partial charge in [0, 0.05) is 13.8 Å². The highest BCUT2D eigenvalue weighted by Crippen LogP contribution is 2.31. The van der Waals surface area contributed by atoms with Gasteiger partial charge in [0.1, 0.15) is 79.4 Å². The van der Waals surface area contributed by atoms with Crippen molar-refractivity contribution in [2.45, 2.75) is 99.6 Å². The first kappa shape index (κ1) is 34.3. The minimum Gasteiger partial charge on any atom is -0.394 e. The van der Waals surface area contributed by atoms with Crippen LogP contribution in [-0.4, -0.2) is 170 Å². The van der Waals surface area contributed by atoms with Gasteiger partial charge in [-0.05, 0) is 0 Å². The number of nitrogens with one attached hydrogen (secondary N) is 2. The molecule has 0 spiro atoms. The molecule has 0 aromatic heterocycles. The van der Waals surface area contributed by atoms with Crippen LogP contribution in [0.5, 0.6) is 0 Å². The number of hydrogen-bond acceptors (Lipinski definition) is 16. The highest BCUT2D eigenvalue weighted by Gasteiger charge is 2.52. The maximum atomic E-state index is 12.1. The Labute approximate surface area is 228 Å². The molecule has 11 N–H and O–H groups in total. The molecule has 2 saturated heterocycles. The Balaban J connectivity index is 2.48. The van der Waals surface area contributed by atoms with Crippen LogP contribution in [0.3, 0.4) is 0 Å². The number of aliphatic hydroxyl groups excluding tert-OH is 9. The van der Waals surface area contributed by atoms with E-state index in [9.17, 15) is 60.3 Å². The first-order valence-corrected chi connectivity index (χ1v) is 12.3. The number of ether oxygens (including phenoxy) is 4. The molecule has 0 radical (unpaired) electrons. The molecule has 0 unspecified atom stereocenters. The van der Waals surface area contributed by atoms with Gasteiger partial charge in [-0.25, -0.2) is 0 Å². The zero-order valence-corrected chi connectivity index (χ0v) is 21.7. The van der Waals surface area contributed by atoms with Crippen molar-refractivity contribution < 1.29 is 79.3 Å². The molecular weight excluding hydrogens is 548 g/mol.